The van der Waals surface area contributed by atoms with Crippen LogP contribution in [0.5, 0.6) is 5.75 Å². The van der Waals surface area contributed by atoms with E-state index in [0.717, 1.165) is 15.4 Å². The van der Waals surface area contributed by atoms with E-state index in [1.165, 1.54) is 17.0 Å². The Labute approximate surface area is 248 Å². The van der Waals surface area contributed by atoms with Gasteiger partial charge < -0.3 is 15.0 Å². The van der Waals surface area contributed by atoms with Gasteiger partial charge in [0.1, 0.15) is 18.3 Å². The number of sulfonamides is 1. The number of rotatable bonds is 13. The maximum Gasteiger partial charge on any atom is 0.264 e. The van der Waals surface area contributed by atoms with Crippen LogP contribution in [0.2, 0.25) is 5.02 Å². The maximum absolute atomic E-state index is 14.1. The first-order valence-electron chi connectivity index (χ1n) is 13.5. The molecule has 3 aromatic carbocycles. The molecule has 10 heteroatoms. The Bertz CT molecular complexity index is 1440. The van der Waals surface area contributed by atoms with Gasteiger partial charge in [0, 0.05) is 13.1 Å². The van der Waals surface area contributed by atoms with E-state index in [2.05, 4.69) is 5.32 Å². The summed E-state index contributed by atoms with van der Waals surface area (Å²) < 4.78 is 34.3. The zero-order valence-electron chi connectivity index (χ0n) is 24.1. The second-order valence-electron chi connectivity index (χ2n) is 10.2. The van der Waals surface area contributed by atoms with Crippen molar-refractivity contribution in [1.29, 1.82) is 0 Å². The molecule has 0 aliphatic rings. The van der Waals surface area contributed by atoms with Gasteiger partial charge in [-0.25, -0.2) is 8.42 Å². The van der Waals surface area contributed by atoms with E-state index in [1.807, 2.05) is 33.8 Å². The first-order valence-corrected chi connectivity index (χ1v) is 15.3. The summed E-state index contributed by atoms with van der Waals surface area (Å²) in [6.45, 7) is 7.61. The molecule has 0 aromatic heterocycles. The number of nitrogens with zero attached hydrogens (tertiary/aromatic N) is 2. The van der Waals surface area contributed by atoms with Gasteiger partial charge in [-0.15, -0.1) is 0 Å². The summed E-state index contributed by atoms with van der Waals surface area (Å²) in [6.07, 6.45) is 0.330. The molecule has 0 fully saturated rings. The lowest BCUT2D eigenvalue weighted by molar-refractivity contribution is -0.140. The van der Waals surface area contributed by atoms with Gasteiger partial charge in [-0.2, -0.15) is 0 Å². The van der Waals surface area contributed by atoms with Crippen molar-refractivity contribution in [2.24, 2.45) is 5.92 Å². The molecule has 220 valence electrons. The molecular formula is C31H38ClN3O5S. The highest BCUT2D eigenvalue weighted by molar-refractivity contribution is 7.92. The van der Waals surface area contributed by atoms with Crippen LogP contribution in [-0.4, -0.2) is 51.4 Å². The van der Waals surface area contributed by atoms with Crippen molar-refractivity contribution in [2.75, 3.05) is 24.5 Å². The van der Waals surface area contributed by atoms with Crippen LogP contribution < -0.4 is 14.4 Å². The van der Waals surface area contributed by atoms with Crippen molar-refractivity contribution in [3.63, 3.8) is 0 Å². The van der Waals surface area contributed by atoms with E-state index in [4.69, 9.17) is 16.3 Å². The number of carbonyl (C=O) groups is 2. The quantitative estimate of drug-likeness (QED) is 0.283. The fraction of sp³-hybridized carbons (Fsp3) is 0.355. The molecule has 0 saturated heterocycles. The standard InChI is InChI=1S/C31H38ClN3O5S/c1-6-28(31(37)33-19-22(2)3)34(20-24-10-9-11-25(18-24)40-5)30(36)21-35(29-13-8-7-12-27(29)32)41(38,39)26-16-14-23(4)15-17-26/h7-18,22,28H,6,19-21H2,1-5H3,(H,33,37)/t28-/m1/s1. The van der Waals surface area contributed by atoms with Gasteiger partial charge in [0.05, 0.1) is 22.7 Å². The van der Waals surface area contributed by atoms with Gasteiger partial charge in [-0.1, -0.05) is 74.3 Å². The number of methoxy groups -OCH3 is 1. The molecule has 3 rings (SSSR count). The van der Waals surface area contributed by atoms with Crippen LogP contribution >= 0.6 is 11.6 Å². The Morgan fingerprint density at radius 3 is 2.29 bits per heavy atom. The van der Waals surface area contributed by atoms with Gasteiger partial charge >= 0.3 is 0 Å². The van der Waals surface area contributed by atoms with Crippen LogP contribution in [0.3, 0.4) is 0 Å². The summed E-state index contributed by atoms with van der Waals surface area (Å²) in [6, 6.07) is 19.2. The van der Waals surface area contributed by atoms with Gasteiger partial charge in [-0.05, 0) is 61.2 Å². The number of benzene rings is 3. The molecule has 8 nitrogen and oxygen atoms in total. The van der Waals surface area contributed by atoms with Crippen molar-refractivity contribution >= 4 is 39.1 Å². The van der Waals surface area contributed by atoms with Crippen LogP contribution in [0, 0.1) is 12.8 Å². The number of hydrogen-bond acceptors (Lipinski definition) is 5. The molecule has 0 spiro atoms. The number of amides is 2. The van der Waals surface area contributed by atoms with Crippen molar-refractivity contribution < 1.29 is 22.7 Å². The molecular weight excluding hydrogens is 562 g/mol. The zero-order chi connectivity index (χ0) is 30.2. The summed E-state index contributed by atoms with van der Waals surface area (Å²) >= 11 is 6.47. The molecule has 0 heterocycles. The minimum atomic E-state index is -4.20. The van der Waals surface area contributed by atoms with Crippen LogP contribution in [-0.2, 0) is 26.2 Å². The number of para-hydroxylation sites is 1. The predicted octanol–water partition coefficient (Wildman–Crippen LogP) is 5.43. The molecule has 0 aliphatic heterocycles. The average molecular weight is 600 g/mol. The number of nitrogens with one attached hydrogen (secondary N) is 1. The van der Waals surface area contributed by atoms with Crippen LogP contribution in [0.25, 0.3) is 0 Å². The van der Waals surface area contributed by atoms with Gasteiger partial charge in [0.25, 0.3) is 10.0 Å². The molecule has 1 N–H and O–H groups in total. The third kappa shape index (κ3) is 8.24. The van der Waals surface area contributed by atoms with Crippen molar-refractivity contribution in [1.82, 2.24) is 10.2 Å². The molecule has 0 radical (unpaired) electrons. The van der Waals surface area contributed by atoms with Gasteiger partial charge in [0.15, 0.2) is 0 Å². The summed E-state index contributed by atoms with van der Waals surface area (Å²) in [5, 5.41) is 3.10. The van der Waals surface area contributed by atoms with Crippen LogP contribution in [0.1, 0.15) is 38.3 Å². The topological polar surface area (TPSA) is 96.0 Å². The Morgan fingerprint density at radius 2 is 1.68 bits per heavy atom. The largest absolute Gasteiger partial charge is 0.497 e. The number of ether oxygens (including phenoxy) is 1. The molecule has 0 aliphatic carbocycles. The predicted molar refractivity (Wildman–Crippen MR) is 163 cm³/mol. The van der Waals surface area contributed by atoms with Crippen molar-refractivity contribution in [3.8, 4) is 5.75 Å². The number of aryl methyl sites for hydroxylation is 1. The lowest BCUT2D eigenvalue weighted by Gasteiger charge is -2.33. The highest BCUT2D eigenvalue weighted by Crippen LogP contribution is 2.31. The van der Waals surface area contributed by atoms with E-state index in [1.54, 1.807) is 61.7 Å². The summed E-state index contributed by atoms with van der Waals surface area (Å²) in [5.41, 5.74) is 1.80. The van der Waals surface area contributed by atoms with E-state index in [-0.39, 0.29) is 34.0 Å². The molecule has 3 aromatic rings. The van der Waals surface area contributed by atoms with Crippen LogP contribution in [0.15, 0.2) is 77.7 Å². The number of hydrogen-bond donors (Lipinski definition) is 1. The van der Waals surface area contributed by atoms with Gasteiger partial charge in [-0.3, -0.25) is 13.9 Å². The molecule has 2 amide bonds. The van der Waals surface area contributed by atoms with Crippen LogP contribution in [0.4, 0.5) is 5.69 Å². The Kier molecular flexibility index (Phi) is 11.2. The lowest BCUT2D eigenvalue weighted by atomic mass is 10.1. The first kappa shape index (κ1) is 32.0. The zero-order valence-corrected chi connectivity index (χ0v) is 25.7. The molecule has 1 atom stereocenters. The highest BCUT2D eigenvalue weighted by Gasteiger charge is 2.34. The average Bonchev–Trinajstić information content (AvgIpc) is 2.95. The molecule has 0 bridgehead atoms. The minimum absolute atomic E-state index is 0.0249. The highest BCUT2D eigenvalue weighted by atomic mass is 35.5. The molecule has 41 heavy (non-hydrogen) atoms. The van der Waals surface area contributed by atoms with E-state index < -0.39 is 28.5 Å². The molecule has 0 unspecified atom stereocenters. The summed E-state index contributed by atoms with van der Waals surface area (Å²) in [7, 11) is -2.65. The maximum atomic E-state index is 14.1. The minimum Gasteiger partial charge on any atom is -0.497 e. The fourth-order valence-corrected chi connectivity index (χ4v) is 6.04. The fourth-order valence-electron chi connectivity index (χ4n) is 4.31. The smallest absolute Gasteiger partial charge is 0.264 e. The SMILES string of the molecule is CC[C@H](C(=O)NCC(C)C)N(Cc1cccc(OC)c1)C(=O)CN(c1ccccc1Cl)S(=O)(=O)c1ccc(C)cc1. The van der Waals surface area contributed by atoms with E-state index >= 15 is 0 Å². The Morgan fingerprint density at radius 1 is 1.00 bits per heavy atom. The monoisotopic (exact) mass is 599 g/mol. The number of carbonyl (C=O) groups excluding carboxylic acids is 2. The normalized spacial score (nSPS) is 12.1. The third-order valence-electron chi connectivity index (χ3n) is 6.57. The van der Waals surface area contributed by atoms with Crippen molar-refractivity contribution in [3.05, 3.63) is 88.9 Å². The summed E-state index contributed by atoms with van der Waals surface area (Å²) in [5.74, 6) is -0.0284. The first-order chi connectivity index (χ1) is 19.5. The van der Waals surface area contributed by atoms with Crippen molar-refractivity contribution in [2.45, 2.75) is 51.6 Å². The number of anilines is 1. The second-order valence-corrected chi connectivity index (χ2v) is 12.5. The lowest BCUT2D eigenvalue weighted by Crippen LogP contribution is -2.52. The second kappa shape index (κ2) is 14.4. The Balaban J connectivity index is 2.07. The Hall–Kier alpha value is -3.56. The summed E-state index contributed by atoms with van der Waals surface area (Å²) in [4.78, 5) is 28.9. The number of halogens is 1. The van der Waals surface area contributed by atoms with E-state index in [0.29, 0.717) is 18.7 Å². The third-order valence-corrected chi connectivity index (χ3v) is 8.66. The van der Waals surface area contributed by atoms with E-state index in [9.17, 15) is 18.0 Å². The molecule has 0 saturated carbocycles. The van der Waals surface area contributed by atoms with Gasteiger partial charge in [0.2, 0.25) is 11.8 Å².